The van der Waals surface area contributed by atoms with Crippen LogP contribution in [-0.2, 0) is 27.5 Å². The van der Waals surface area contributed by atoms with E-state index in [2.05, 4.69) is 50.9 Å². The number of amides is 4. The number of benzene rings is 2. The van der Waals surface area contributed by atoms with Crippen LogP contribution in [0.4, 0.5) is 5.82 Å². The first kappa shape index (κ1) is 45.0. The number of ether oxygens (including phenoxy) is 2. The van der Waals surface area contributed by atoms with Crippen LogP contribution in [0.1, 0.15) is 148 Å². The maximum absolute atomic E-state index is 12.9. The van der Waals surface area contributed by atoms with E-state index in [1.807, 2.05) is 36.6 Å². The number of methoxy groups -OCH3 is 1. The Morgan fingerprint density at radius 3 is 2.33 bits per heavy atom. The molecule has 2 aliphatic heterocycles. The van der Waals surface area contributed by atoms with Gasteiger partial charge in [-0.3, -0.25) is 24.5 Å². The molecule has 2 aromatic heterocycles. The first-order chi connectivity index (χ1) is 29.1. The lowest BCUT2D eigenvalue weighted by Gasteiger charge is -2.29. The van der Waals surface area contributed by atoms with Crippen LogP contribution in [0.2, 0.25) is 0 Å². The maximum Gasteiger partial charge on any atom is 0.256 e. The first-order valence-electron chi connectivity index (χ1n) is 21.6. The molecule has 0 bridgehead atoms. The standard InChI is InChI=1S/C46H59BrN6O6S/c1-30(32-18-17-19-33(47)24-32)49-44-34-25-39(58-3)40(26-37(34)50-31(2)51-44)59-23-16-14-12-10-8-6-4-5-7-9-11-13-15-20-42(54)48-27-41-35-28-53(46(57)36(35)29-60-41)38-21-22-43(55)52-45(38)56/h17-19,24-26,29-30,38H,4-16,20-23,27-28H2,1-3H3,(H,48,54)(H,49,50,51)(H,52,55,56)/t30-,38?/m1/s1. The Morgan fingerprint density at radius 1 is 0.950 bits per heavy atom. The van der Waals surface area contributed by atoms with E-state index >= 15 is 0 Å². The second-order valence-corrected chi connectivity index (χ2v) is 17.9. The fraction of sp³-hybridized carbons (Fsp3) is 0.522. The minimum atomic E-state index is -0.628. The molecule has 4 aromatic rings. The van der Waals surface area contributed by atoms with Crippen LogP contribution in [0.3, 0.4) is 0 Å². The predicted molar refractivity (Wildman–Crippen MR) is 239 cm³/mol. The minimum Gasteiger partial charge on any atom is -0.493 e. The van der Waals surface area contributed by atoms with E-state index in [1.54, 1.807) is 12.0 Å². The quantitative estimate of drug-likeness (QED) is 0.0461. The van der Waals surface area contributed by atoms with Gasteiger partial charge in [-0.05, 0) is 62.4 Å². The molecule has 1 saturated heterocycles. The Bertz CT molecular complexity index is 2130. The molecule has 4 heterocycles. The Balaban J connectivity index is 0.768. The van der Waals surface area contributed by atoms with Gasteiger partial charge in [-0.2, -0.15) is 0 Å². The van der Waals surface area contributed by atoms with Crippen LogP contribution >= 0.6 is 27.3 Å². The molecule has 0 aliphatic carbocycles. The molecular weight excluding hydrogens is 845 g/mol. The van der Waals surface area contributed by atoms with Crippen molar-refractivity contribution in [1.29, 1.82) is 0 Å². The smallest absolute Gasteiger partial charge is 0.256 e. The fourth-order valence-corrected chi connectivity index (χ4v) is 9.43. The zero-order valence-corrected chi connectivity index (χ0v) is 37.6. The summed E-state index contributed by atoms with van der Waals surface area (Å²) >= 11 is 5.04. The summed E-state index contributed by atoms with van der Waals surface area (Å²) in [6, 6.07) is 11.6. The number of unbranched alkanes of at least 4 members (excludes halogenated alkanes) is 12. The molecular formula is C46H59BrN6O6S. The van der Waals surface area contributed by atoms with Gasteiger partial charge in [0.2, 0.25) is 17.7 Å². The summed E-state index contributed by atoms with van der Waals surface area (Å²) in [4.78, 5) is 61.2. The lowest BCUT2D eigenvalue weighted by Crippen LogP contribution is -2.52. The fourth-order valence-electron chi connectivity index (χ4n) is 8.03. The number of nitrogens with one attached hydrogen (secondary N) is 3. The Morgan fingerprint density at radius 2 is 1.65 bits per heavy atom. The zero-order valence-electron chi connectivity index (χ0n) is 35.2. The molecule has 322 valence electrons. The molecule has 2 aliphatic rings. The van der Waals surface area contributed by atoms with E-state index in [4.69, 9.17) is 19.4 Å². The predicted octanol–water partition coefficient (Wildman–Crippen LogP) is 9.86. The average molecular weight is 904 g/mol. The molecule has 6 rings (SSSR count). The highest BCUT2D eigenvalue weighted by Gasteiger charge is 2.40. The molecule has 2 atom stereocenters. The summed E-state index contributed by atoms with van der Waals surface area (Å²) in [7, 11) is 1.67. The van der Waals surface area contributed by atoms with Crippen LogP contribution in [0.5, 0.6) is 11.5 Å². The lowest BCUT2D eigenvalue weighted by atomic mass is 10.0. The number of aryl methyl sites for hydroxylation is 1. The molecule has 4 amide bonds. The SMILES string of the molecule is COc1cc2c(N[C@H](C)c3cccc(Br)c3)nc(C)nc2cc1OCCCCCCCCCCCCCCCC(=O)NCc1scc2c1CN(C1CCC(=O)NC1=O)C2=O. The van der Waals surface area contributed by atoms with E-state index in [1.165, 1.54) is 62.7 Å². The summed E-state index contributed by atoms with van der Waals surface area (Å²) in [5, 5.41) is 11.6. The first-order valence-corrected chi connectivity index (χ1v) is 23.3. The number of anilines is 1. The number of rotatable bonds is 24. The average Bonchev–Trinajstić information content (AvgIpc) is 3.78. The van der Waals surface area contributed by atoms with Crippen LogP contribution in [0.15, 0.2) is 46.3 Å². The van der Waals surface area contributed by atoms with Crippen LogP contribution in [0, 0.1) is 6.92 Å². The molecule has 3 N–H and O–H groups in total. The van der Waals surface area contributed by atoms with Gasteiger partial charge in [0, 0.05) is 45.6 Å². The highest BCUT2D eigenvalue weighted by molar-refractivity contribution is 9.10. The van der Waals surface area contributed by atoms with Gasteiger partial charge in [0.1, 0.15) is 17.7 Å². The normalized spacial score (nSPS) is 15.6. The topological polar surface area (TPSA) is 152 Å². The lowest BCUT2D eigenvalue weighted by molar-refractivity contribution is -0.137. The Kier molecular flexibility index (Phi) is 16.7. The molecule has 0 saturated carbocycles. The number of carbonyl (C=O) groups excluding carboxylic acids is 4. The number of carbonyl (C=O) groups is 4. The molecule has 60 heavy (non-hydrogen) atoms. The van der Waals surface area contributed by atoms with Crippen LogP contribution in [0.25, 0.3) is 10.9 Å². The number of halogens is 1. The number of nitrogens with zero attached hydrogens (tertiary/aromatic N) is 3. The third-order valence-corrected chi connectivity index (χ3v) is 13.0. The largest absolute Gasteiger partial charge is 0.493 e. The van der Waals surface area contributed by atoms with Gasteiger partial charge in [0.05, 0.1) is 37.4 Å². The van der Waals surface area contributed by atoms with Crippen molar-refractivity contribution < 1.29 is 28.7 Å². The van der Waals surface area contributed by atoms with E-state index < -0.39 is 11.9 Å². The number of hydrogen-bond donors (Lipinski definition) is 3. The third kappa shape index (κ3) is 12.3. The molecule has 2 aromatic carbocycles. The summed E-state index contributed by atoms with van der Waals surface area (Å²) < 4.78 is 13.0. The second kappa shape index (κ2) is 22.3. The van der Waals surface area contributed by atoms with E-state index in [9.17, 15) is 19.2 Å². The number of imide groups is 1. The van der Waals surface area contributed by atoms with Crippen LogP contribution < -0.4 is 25.4 Å². The van der Waals surface area contributed by atoms with Crippen molar-refractivity contribution in [3.8, 4) is 11.5 Å². The number of aromatic nitrogens is 2. The number of fused-ring (bicyclic) bond motifs is 2. The van der Waals surface area contributed by atoms with Gasteiger partial charge in [0.25, 0.3) is 5.91 Å². The van der Waals surface area contributed by atoms with Crippen LogP contribution in [-0.4, -0.2) is 58.3 Å². The zero-order chi connectivity index (χ0) is 42.4. The minimum absolute atomic E-state index is 0.0253. The maximum atomic E-state index is 12.9. The molecule has 14 heteroatoms. The third-order valence-electron chi connectivity index (χ3n) is 11.4. The van der Waals surface area contributed by atoms with Gasteiger partial charge in [0.15, 0.2) is 11.5 Å². The van der Waals surface area contributed by atoms with Crippen molar-refractivity contribution in [3.63, 3.8) is 0 Å². The molecule has 0 radical (unpaired) electrons. The summed E-state index contributed by atoms with van der Waals surface area (Å²) in [5.41, 5.74) is 3.46. The summed E-state index contributed by atoms with van der Waals surface area (Å²) in [6.07, 6.45) is 16.3. The number of piperidine rings is 1. The highest BCUT2D eigenvalue weighted by Crippen LogP contribution is 2.36. The summed E-state index contributed by atoms with van der Waals surface area (Å²) in [5.74, 6) is 1.98. The molecule has 12 nitrogen and oxygen atoms in total. The molecule has 1 unspecified atom stereocenters. The Hall–Kier alpha value is -4.56. The highest BCUT2D eigenvalue weighted by atomic mass is 79.9. The van der Waals surface area contributed by atoms with Crippen molar-refractivity contribution in [2.75, 3.05) is 19.0 Å². The molecule has 0 spiro atoms. The van der Waals surface area contributed by atoms with Gasteiger partial charge >= 0.3 is 0 Å². The van der Waals surface area contributed by atoms with E-state index in [-0.39, 0.29) is 30.2 Å². The Labute approximate surface area is 366 Å². The number of thiophene rings is 1. The van der Waals surface area contributed by atoms with Gasteiger partial charge in [-0.25, -0.2) is 9.97 Å². The monoisotopic (exact) mass is 902 g/mol. The van der Waals surface area contributed by atoms with Crippen molar-refractivity contribution in [2.45, 2.75) is 142 Å². The van der Waals surface area contributed by atoms with E-state index in [0.29, 0.717) is 55.4 Å². The van der Waals surface area contributed by atoms with E-state index in [0.717, 1.165) is 69.3 Å². The summed E-state index contributed by atoms with van der Waals surface area (Å²) in [6.45, 7) is 5.38. The van der Waals surface area contributed by atoms with Gasteiger partial charge in [-0.1, -0.05) is 98.7 Å². The van der Waals surface area contributed by atoms with Crippen molar-refractivity contribution >= 4 is 67.6 Å². The second-order valence-electron chi connectivity index (χ2n) is 16.0. The number of hydrogen-bond acceptors (Lipinski definition) is 10. The van der Waals surface area contributed by atoms with Crippen molar-refractivity contribution in [1.82, 2.24) is 25.5 Å². The van der Waals surface area contributed by atoms with Crippen molar-refractivity contribution in [2.24, 2.45) is 0 Å². The van der Waals surface area contributed by atoms with Gasteiger partial charge < -0.3 is 25.0 Å². The molecule has 1 fully saturated rings. The van der Waals surface area contributed by atoms with Crippen molar-refractivity contribution in [3.05, 3.63) is 73.6 Å². The van der Waals surface area contributed by atoms with Gasteiger partial charge in [-0.15, -0.1) is 11.3 Å².